The van der Waals surface area contributed by atoms with Gasteiger partial charge < -0.3 is 15.4 Å². The summed E-state index contributed by atoms with van der Waals surface area (Å²) in [4.78, 5) is 19.2. The summed E-state index contributed by atoms with van der Waals surface area (Å²) in [6.45, 7) is 0.829. The van der Waals surface area contributed by atoms with Gasteiger partial charge in [0, 0.05) is 18.5 Å². The van der Waals surface area contributed by atoms with Crippen LogP contribution in [0.3, 0.4) is 0 Å². The van der Waals surface area contributed by atoms with E-state index in [1.165, 1.54) is 0 Å². The van der Waals surface area contributed by atoms with Crippen LogP contribution in [0, 0.1) is 0 Å². The van der Waals surface area contributed by atoms with Crippen LogP contribution >= 0.6 is 0 Å². The number of sulfonamides is 1. The maximum absolute atomic E-state index is 13.1. The number of anilines is 1. The molecule has 0 bridgehead atoms. The van der Waals surface area contributed by atoms with Crippen molar-refractivity contribution >= 4 is 43.4 Å². The lowest BCUT2D eigenvalue weighted by Gasteiger charge is -2.18. The van der Waals surface area contributed by atoms with Crippen LogP contribution in [0.25, 0.3) is 21.7 Å². The van der Waals surface area contributed by atoms with E-state index >= 15 is 0 Å². The van der Waals surface area contributed by atoms with Crippen LogP contribution in [0.1, 0.15) is 12.0 Å². The molecule has 1 amide bonds. The van der Waals surface area contributed by atoms with Gasteiger partial charge in [0.25, 0.3) is 0 Å². The Hall–Kier alpha value is -3.69. The number of ether oxygens (including phenoxy) is 1. The van der Waals surface area contributed by atoms with Crippen molar-refractivity contribution in [2.45, 2.75) is 23.9 Å². The molecule has 1 fully saturated rings. The molecule has 0 aliphatic carbocycles. The smallest absolute Gasteiger partial charge is 0.241 e. The molecule has 9 heteroatoms. The van der Waals surface area contributed by atoms with Crippen molar-refractivity contribution < 1.29 is 17.9 Å². The largest absolute Gasteiger partial charge is 0.497 e. The zero-order chi connectivity index (χ0) is 23.9. The zero-order valence-electron chi connectivity index (χ0n) is 18.6. The number of rotatable bonds is 6. The number of nitrogen functional groups attached to an aromatic ring is 1. The second kappa shape index (κ2) is 8.58. The Kier molecular flexibility index (Phi) is 5.59. The number of hydrogen-bond donors (Lipinski definition) is 2. The van der Waals surface area contributed by atoms with Gasteiger partial charge in [0.05, 0.1) is 17.5 Å². The van der Waals surface area contributed by atoms with Crippen molar-refractivity contribution in [3.63, 3.8) is 0 Å². The lowest BCUT2D eigenvalue weighted by atomic mass is 10.1. The van der Waals surface area contributed by atoms with Gasteiger partial charge in [-0.2, -0.15) is 4.72 Å². The maximum Gasteiger partial charge on any atom is 0.241 e. The van der Waals surface area contributed by atoms with Crippen molar-refractivity contribution in [3.8, 4) is 5.75 Å². The molecule has 0 spiro atoms. The van der Waals surface area contributed by atoms with Gasteiger partial charge in [0.1, 0.15) is 17.6 Å². The zero-order valence-corrected chi connectivity index (χ0v) is 19.4. The number of aromatic nitrogens is 1. The van der Waals surface area contributed by atoms with Gasteiger partial charge in [-0.25, -0.2) is 13.4 Å². The molecule has 1 aromatic heterocycles. The monoisotopic (exact) mass is 476 g/mol. The van der Waals surface area contributed by atoms with E-state index in [-0.39, 0.29) is 10.8 Å². The SMILES string of the molecule is COc1ccc2ccc(S(=O)(=O)NC3CCN(Cc4cccc5nc(N)ccc45)C3=O)cc2c1. The van der Waals surface area contributed by atoms with E-state index in [9.17, 15) is 13.2 Å². The molecule has 0 radical (unpaired) electrons. The van der Waals surface area contributed by atoms with E-state index in [1.807, 2.05) is 36.4 Å². The molecular formula is C25H24N4O4S. The average molecular weight is 477 g/mol. The highest BCUT2D eigenvalue weighted by molar-refractivity contribution is 7.89. The maximum atomic E-state index is 13.1. The summed E-state index contributed by atoms with van der Waals surface area (Å²) in [6, 6.07) is 18.8. The van der Waals surface area contributed by atoms with Gasteiger partial charge in [0.15, 0.2) is 0 Å². The van der Waals surface area contributed by atoms with Gasteiger partial charge in [0.2, 0.25) is 15.9 Å². The first kappa shape index (κ1) is 22.1. The second-order valence-electron chi connectivity index (χ2n) is 8.32. The molecule has 0 saturated carbocycles. The fraction of sp³-hybridized carbons (Fsp3) is 0.200. The number of amides is 1. The minimum atomic E-state index is -3.89. The number of hydrogen-bond acceptors (Lipinski definition) is 6. The number of benzene rings is 3. The molecule has 1 unspecified atom stereocenters. The quantitative estimate of drug-likeness (QED) is 0.442. The minimum absolute atomic E-state index is 0.109. The lowest BCUT2D eigenvalue weighted by molar-refractivity contribution is -0.129. The van der Waals surface area contributed by atoms with Crippen molar-refractivity contribution in [2.75, 3.05) is 19.4 Å². The van der Waals surface area contributed by atoms with Crippen LogP contribution in [0.5, 0.6) is 5.75 Å². The highest BCUT2D eigenvalue weighted by Gasteiger charge is 2.35. The Morgan fingerprint density at radius 1 is 1.09 bits per heavy atom. The molecular weight excluding hydrogens is 452 g/mol. The summed E-state index contributed by atoms with van der Waals surface area (Å²) < 4.78 is 34.0. The summed E-state index contributed by atoms with van der Waals surface area (Å²) in [5.41, 5.74) is 7.48. The second-order valence-corrected chi connectivity index (χ2v) is 10.0. The standard InChI is InChI=1S/C25H24N4O4S/c1-33-19-7-5-16-6-8-20(14-18(16)13-19)34(31,32)28-23-11-12-29(25(23)30)15-17-3-2-4-22-21(17)9-10-24(26)27-22/h2-10,13-14,23,28H,11-12,15H2,1H3,(H2,26,27). The fourth-order valence-corrected chi connectivity index (χ4v) is 5.59. The Bertz CT molecular complexity index is 1520. The van der Waals surface area contributed by atoms with Crippen LogP contribution in [-0.2, 0) is 21.4 Å². The fourth-order valence-electron chi connectivity index (χ4n) is 4.34. The predicted molar refractivity (Wildman–Crippen MR) is 131 cm³/mol. The summed E-state index contributed by atoms with van der Waals surface area (Å²) in [6.07, 6.45) is 0.398. The van der Waals surface area contributed by atoms with E-state index in [4.69, 9.17) is 10.5 Å². The summed E-state index contributed by atoms with van der Waals surface area (Å²) in [5.74, 6) is 0.831. The summed E-state index contributed by atoms with van der Waals surface area (Å²) in [7, 11) is -2.33. The predicted octanol–water partition coefficient (Wildman–Crippen LogP) is 3.06. The summed E-state index contributed by atoms with van der Waals surface area (Å²) in [5, 5.41) is 2.56. The molecule has 1 aliphatic heterocycles. The van der Waals surface area contributed by atoms with Gasteiger partial charge >= 0.3 is 0 Å². The third-order valence-corrected chi connectivity index (χ3v) is 7.60. The van der Waals surface area contributed by atoms with Crippen molar-refractivity contribution in [1.29, 1.82) is 0 Å². The van der Waals surface area contributed by atoms with E-state index < -0.39 is 16.1 Å². The van der Waals surface area contributed by atoms with Gasteiger partial charge in [-0.1, -0.05) is 24.3 Å². The van der Waals surface area contributed by atoms with E-state index in [1.54, 1.807) is 42.3 Å². The highest BCUT2D eigenvalue weighted by Crippen LogP contribution is 2.26. The number of nitrogens with zero attached hydrogens (tertiary/aromatic N) is 2. The van der Waals surface area contributed by atoms with Crippen LogP contribution in [0.2, 0.25) is 0 Å². The Morgan fingerprint density at radius 3 is 2.74 bits per heavy atom. The molecule has 2 heterocycles. The van der Waals surface area contributed by atoms with Gasteiger partial charge in [-0.15, -0.1) is 0 Å². The molecule has 5 rings (SSSR count). The molecule has 34 heavy (non-hydrogen) atoms. The lowest BCUT2D eigenvalue weighted by Crippen LogP contribution is -2.41. The topological polar surface area (TPSA) is 115 Å². The molecule has 174 valence electrons. The Balaban J connectivity index is 1.34. The normalized spacial score (nSPS) is 16.4. The number of carbonyl (C=O) groups is 1. The first-order chi connectivity index (χ1) is 16.3. The van der Waals surface area contributed by atoms with E-state index in [0.29, 0.717) is 31.1 Å². The molecule has 1 atom stereocenters. The van der Waals surface area contributed by atoms with Crippen LogP contribution < -0.4 is 15.2 Å². The third-order valence-electron chi connectivity index (χ3n) is 6.13. The molecule has 1 aliphatic rings. The van der Waals surface area contributed by atoms with Crippen LogP contribution in [0.4, 0.5) is 5.82 Å². The number of nitrogens with two attached hydrogens (primary N) is 1. The van der Waals surface area contributed by atoms with Crippen molar-refractivity contribution in [1.82, 2.24) is 14.6 Å². The van der Waals surface area contributed by atoms with E-state index in [0.717, 1.165) is 27.2 Å². The highest BCUT2D eigenvalue weighted by atomic mass is 32.2. The first-order valence-electron chi connectivity index (χ1n) is 10.9. The number of carbonyl (C=O) groups excluding carboxylic acids is 1. The number of fused-ring (bicyclic) bond motifs is 2. The number of nitrogens with one attached hydrogen (secondary N) is 1. The van der Waals surface area contributed by atoms with Crippen molar-refractivity contribution in [3.05, 3.63) is 72.3 Å². The number of pyridine rings is 1. The number of likely N-dealkylation sites (tertiary alicyclic amines) is 1. The first-order valence-corrected chi connectivity index (χ1v) is 12.4. The molecule has 4 aromatic rings. The third kappa shape index (κ3) is 4.15. The summed E-state index contributed by atoms with van der Waals surface area (Å²) >= 11 is 0. The number of methoxy groups -OCH3 is 1. The molecule has 1 saturated heterocycles. The molecule has 3 aromatic carbocycles. The average Bonchev–Trinajstić information content (AvgIpc) is 3.16. The minimum Gasteiger partial charge on any atom is -0.497 e. The molecule has 8 nitrogen and oxygen atoms in total. The van der Waals surface area contributed by atoms with Gasteiger partial charge in [-0.3, -0.25) is 4.79 Å². The van der Waals surface area contributed by atoms with E-state index in [2.05, 4.69) is 9.71 Å². The van der Waals surface area contributed by atoms with Crippen LogP contribution in [0.15, 0.2) is 71.6 Å². The Morgan fingerprint density at radius 2 is 1.91 bits per heavy atom. The van der Waals surface area contributed by atoms with Gasteiger partial charge in [-0.05, 0) is 65.2 Å². The Labute approximate surface area is 197 Å². The van der Waals surface area contributed by atoms with Crippen LogP contribution in [-0.4, -0.2) is 43.9 Å². The molecule has 3 N–H and O–H groups in total. The van der Waals surface area contributed by atoms with Crippen molar-refractivity contribution in [2.24, 2.45) is 0 Å².